The molecule has 1 aliphatic heterocycles. The Kier molecular flexibility index (Phi) is 8.79. The minimum Gasteiger partial charge on any atom is -0.467 e. The van der Waals surface area contributed by atoms with Crippen molar-refractivity contribution >= 4 is 17.6 Å². The second-order valence-corrected chi connectivity index (χ2v) is 9.54. The number of anilines is 1. The standard InChI is InChI=1S/C29H35N3O4/c1-22(2)24-12-14-25(15-13-24)30-29(34)32(20-27-11-7-17-36-27)21-28(33)31(19-26-10-6-16-35-26)18-23-8-4-3-5-9-23/h3-6,8-10,12-16,22,27H,7,11,17-21H2,1-2H3,(H,30,34). The number of benzene rings is 2. The second kappa shape index (κ2) is 12.4. The molecule has 7 nitrogen and oxygen atoms in total. The number of nitrogens with zero attached hydrogens (tertiary/aromatic N) is 2. The summed E-state index contributed by atoms with van der Waals surface area (Å²) >= 11 is 0. The molecule has 3 amide bonds. The molecule has 0 bridgehead atoms. The summed E-state index contributed by atoms with van der Waals surface area (Å²) in [6, 6.07) is 21.0. The van der Waals surface area contributed by atoms with Crippen molar-refractivity contribution in [2.24, 2.45) is 0 Å². The number of furan rings is 1. The van der Waals surface area contributed by atoms with Gasteiger partial charge in [-0.25, -0.2) is 4.79 Å². The van der Waals surface area contributed by atoms with Crippen molar-refractivity contribution in [2.45, 2.75) is 51.8 Å². The van der Waals surface area contributed by atoms with Gasteiger partial charge in [-0.2, -0.15) is 0 Å². The van der Waals surface area contributed by atoms with E-state index in [1.54, 1.807) is 16.1 Å². The zero-order valence-electron chi connectivity index (χ0n) is 21.1. The first kappa shape index (κ1) is 25.5. The maximum Gasteiger partial charge on any atom is 0.322 e. The molecule has 2 aromatic carbocycles. The summed E-state index contributed by atoms with van der Waals surface area (Å²) in [6.07, 6.45) is 3.37. The average Bonchev–Trinajstić information content (AvgIpc) is 3.59. The van der Waals surface area contributed by atoms with Crippen molar-refractivity contribution in [3.8, 4) is 0 Å². The molecule has 1 aliphatic rings. The van der Waals surface area contributed by atoms with Crippen LogP contribution in [0.1, 0.15) is 49.5 Å². The number of nitrogens with one attached hydrogen (secondary N) is 1. The van der Waals surface area contributed by atoms with Gasteiger partial charge in [0.1, 0.15) is 12.3 Å². The van der Waals surface area contributed by atoms with Crippen molar-refractivity contribution in [3.05, 3.63) is 89.9 Å². The average molecular weight is 490 g/mol. The Morgan fingerprint density at radius 1 is 0.972 bits per heavy atom. The number of ether oxygens (including phenoxy) is 1. The van der Waals surface area contributed by atoms with E-state index in [1.807, 2.05) is 66.7 Å². The van der Waals surface area contributed by atoms with E-state index < -0.39 is 0 Å². The molecule has 2 heterocycles. The Hall–Kier alpha value is -3.58. The zero-order valence-corrected chi connectivity index (χ0v) is 21.1. The normalized spacial score (nSPS) is 15.1. The number of rotatable bonds is 10. The predicted molar refractivity (Wildman–Crippen MR) is 140 cm³/mol. The van der Waals surface area contributed by atoms with E-state index in [9.17, 15) is 9.59 Å². The molecule has 0 aliphatic carbocycles. The van der Waals surface area contributed by atoms with Gasteiger partial charge in [0.15, 0.2) is 0 Å². The summed E-state index contributed by atoms with van der Waals surface area (Å²) in [7, 11) is 0. The fraction of sp³-hybridized carbons (Fsp3) is 0.379. The van der Waals surface area contributed by atoms with E-state index in [0.29, 0.717) is 43.6 Å². The minimum atomic E-state index is -0.311. The van der Waals surface area contributed by atoms with E-state index in [2.05, 4.69) is 19.2 Å². The van der Waals surface area contributed by atoms with Gasteiger partial charge in [-0.3, -0.25) is 4.79 Å². The summed E-state index contributed by atoms with van der Waals surface area (Å²) in [6.45, 7) is 6.01. The maximum absolute atomic E-state index is 13.6. The number of amides is 3. The van der Waals surface area contributed by atoms with Gasteiger partial charge >= 0.3 is 6.03 Å². The van der Waals surface area contributed by atoms with Crippen LogP contribution in [-0.4, -0.2) is 47.5 Å². The predicted octanol–water partition coefficient (Wildman–Crippen LogP) is 5.64. The van der Waals surface area contributed by atoms with Crippen LogP contribution in [0.4, 0.5) is 10.5 Å². The van der Waals surface area contributed by atoms with Crippen LogP contribution in [0.2, 0.25) is 0 Å². The van der Waals surface area contributed by atoms with Crippen molar-refractivity contribution in [1.82, 2.24) is 9.80 Å². The molecule has 36 heavy (non-hydrogen) atoms. The molecule has 4 rings (SSSR count). The lowest BCUT2D eigenvalue weighted by Gasteiger charge is -2.29. The van der Waals surface area contributed by atoms with Gasteiger partial charge in [-0.05, 0) is 54.2 Å². The first-order valence-corrected chi connectivity index (χ1v) is 12.6. The van der Waals surface area contributed by atoms with Crippen LogP contribution in [-0.2, 0) is 22.6 Å². The second-order valence-electron chi connectivity index (χ2n) is 9.54. The lowest BCUT2D eigenvalue weighted by molar-refractivity contribution is -0.133. The number of carbonyl (C=O) groups excluding carboxylic acids is 2. The third kappa shape index (κ3) is 7.21. The summed E-state index contributed by atoms with van der Waals surface area (Å²) < 4.78 is 11.3. The summed E-state index contributed by atoms with van der Waals surface area (Å²) in [4.78, 5) is 30.2. The molecular weight excluding hydrogens is 454 g/mol. The van der Waals surface area contributed by atoms with Gasteiger partial charge < -0.3 is 24.3 Å². The third-order valence-corrected chi connectivity index (χ3v) is 6.39. The zero-order chi connectivity index (χ0) is 25.3. The van der Waals surface area contributed by atoms with Gasteiger partial charge in [-0.15, -0.1) is 0 Å². The Labute approximate surface area is 213 Å². The molecule has 190 valence electrons. The fourth-order valence-corrected chi connectivity index (χ4v) is 4.30. The molecular formula is C29H35N3O4. The van der Waals surface area contributed by atoms with E-state index in [1.165, 1.54) is 5.56 Å². The van der Waals surface area contributed by atoms with Gasteiger partial charge in [-0.1, -0.05) is 56.3 Å². The highest BCUT2D eigenvalue weighted by molar-refractivity contribution is 5.92. The van der Waals surface area contributed by atoms with Crippen molar-refractivity contribution < 1.29 is 18.7 Å². The summed E-state index contributed by atoms with van der Waals surface area (Å²) in [5, 5.41) is 2.96. The minimum absolute atomic E-state index is 0.0523. The SMILES string of the molecule is CC(C)c1ccc(NC(=O)N(CC(=O)N(Cc2ccccc2)Cc2ccco2)CC2CCCO2)cc1. The quantitative estimate of drug-likeness (QED) is 0.400. The highest BCUT2D eigenvalue weighted by Crippen LogP contribution is 2.19. The van der Waals surface area contributed by atoms with E-state index in [4.69, 9.17) is 9.15 Å². The van der Waals surface area contributed by atoms with Gasteiger partial charge in [0, 0.05) is 25.4 Å². The first-order chi connectivity index (χ1) is 17.5. The van der Waals surface area contributed by atoms with Crippen molar-refractivity contribution in [1.29, 1.82) is 0 Å². The molecule has 1 fully saturated rings. The molecule has 1 N–H and O–H groups in total. The summed E-state index contributed by atoms with van der Waals surface area (Å²) in [5.74, 6) is 0.950. The number of hydrogen-bond donors (Lipinski definition) is 1. The van der Waals surface area contributed by atoms with Crippen LogP contribution in [0.5, 0.6) is 0 Å². The number of carbonyl (C=O) groups is 2. The maximum atomic E-state index is 13.6. The molecule has 7 heteroatoms. The molecule has 0 radical (unpaired) electrons. The lowest BCUT2D eigenvalue weighted by atomic mass is 10.0. The van der Waals surface area contributed by atoms with Crippen LogP contribution in [0, 0.1) is 0 Å². The Balaban J connectivity index is 1.49. The van der Waals surface area contributed by atoms with Crippen molar-refractivity contribution in [2.75, 3.05) is 25.0 Å². The molecule has 1 unspecified atom stereocenters. The van der Waals surface area contributed by atoms with Gasteiger partial charge in [0.05, 0.1) is 18.9 Å². The Morgan fingerprint density at radius 2 is 1.75 bits per heavy atom. The van der Waals surface area contributed by atoms with Crippen LogP contribution in [0.3, 0.4) is 0 Å². The van der Waals surface area contributed by atoms with Crippen LogP contribution >= 0.6 is 0 Å². The highest BCUT2D eigenvalue weighted by Gasteiger charge is 2.27. The number of hydrogen-bond acceptors (Lipinski definition) is 4. The van der Waals surface area contributed by atoms with E-state index in [0.717, 1.165) is 18.4 Å². The summed E-state index contributed by atoms with van der Waals surface area (Å²) in [5.41, 5.74) is 2.91. The van der Waals surface area contributed by atoms with E-state index >= 15 is 0 Å². The van der Waals surface area contributed by atoms with Crippen LogP contribution in [0.25, 0.3) is 0 Å². The molecule has 0 saturated carbocycles. The smallest absolute Gasteiger partial charge is 0.322 e. The monoisotopic (exact) mass is 489 g/mol. The fourth-order valence-electron chi connectivity index (χ4n) is 4.30. The molecule has 1 aromatic heterocycles. The topological polar surface area (TPSA) is 75.0 Å². The Bertz CT molecular complexity index is 1090. The lowest BCUT2D eigenvalue weighted by Crippen LogP contribution is -2.46. The largest absolute Gasteiger partial charge is 0.467 e. The third-order valence-electron chi connectivity index (χ3n) is 6.39. The Morgan fingerprint density at radius 3 is 2.39 bits per heavy atom. The molecule has 1 saturated heterocycles. The first-order valence-electron chi connectivity index (χ1n) is 12.6. The molecule has 1 atom stereocenters. The van der Waals surface area contributed by atoms with Gasteiger partial charge in [0.25, 0.3) is 0 Å². The van der Waals surface area contributed by atoms with Crippen LogP contribution < -0.4 is 5.32 Å². The van der Waals surface area contributed by atoms with Gasteiger partial charge in [0.2, 0.25) is 5.91 Å². The van der Waals surface area contributed by atoms with Crippen molar-refractivity contribution in [3.63, 3.8) is 0 Å². The highest BCUT2D eigenvalue weighted by atomic mass is 16.5. The van der Waals surface area contributed by atoms with E-state index in [-0.39, 0.29) is 24.6 Å². The molecule has 0 spiro atoms. The number of urea groups is 1. The van der Waals surface area contributed by atoms with Crippen LogP contribution in [0.15, 0.2) is 77.4 Å². The molecule has 3 aromatic rings.